The fourth-order valence-corrected chi connectivity index (χ4v) is 2.99. The Labute approximate surface area is 104 Å². The van der Waals surface area contributed by atoms with E-state index in [1.165, 1.54) is 25.7 Å². The van der Waals surface area contributed by atoms with Crippen LogP contribution in [-0.4, -0.2) is 24.8 Å². The second-order valence-electron chi connectivity index (χ2n) is 5.27. The summed E-state index contributed by atoms with van der Waals surface area (Å²) < 4.78 is 11.2. The van der Waals surface area contributed by atoms with Crippen molar-refractivity contribution in [1.82, 2.24) is 0 Å². The fraction of sp³-hybridized carbons (Fsp3) is 0.929. The summed E-state index contributed by atoms with van der Waals surface area (Å²) in [5.41, 5.74) is 0. The van der Waals surface area contributed by atoms with Crippen LogP contribution in [-0.2, 0) is 14.3 Å². The monoisotopic (exact) mass is 240 g/mol. The molecule has 0 atom stereocenters. The van der Waals surface area contributed by atoms with Gasteiger partial charge in [0.05, 0.1) is 24.7 Å². The molecule has 0 aromatic rings. The molecule has 17 heavy (non-hydrogen) atoms. The van der Waals surface area contributed by atoms with Crippen LogP contribution in [0.25, 0.3) is 0 Å². The van der Waals surface area contributed by atoms with Gasteiger partial charge in [-0.05, 0) is 45.4 Å². The van der Waals surface area contributed by atoms with E-state index >= 15 is 0 Å². The summed E-state index contributed by atoms with van der Waals surface area (Å²) >= 11 is 0. The maximum Gasteiger partial charge on any atom is 0.308 e. The zero-order valence-electron chi connectivity index (χ0n) is 10.8. The molecule has 3 nitrogen and oxygen atoms in total. The van der Waals surface area contributed by atoms with Crippen LogP contribution in [0.5, 0.6) is 0 Å². The average molecular weight is 240 g/mol. The van der Waals surface area contributed by atoms with Gasteiger partial charge in [0.2, 0.25) is 0 Å². The van der Waals surface area contributed by atoms with Crippen molar-refractivity contribution >= 4 is 5.97 Å². The second kappa shape index (κ2) is 6.39. The minimum atomic E-state index is -0.00758. The SMILES string of the molecule is CCOC(=O)[C@H]1CC[C@H](OC2CCCC2)CC1. The molecule has 0 saturated heterocycles. The van der Waals surface area contributed by atoms with Crippen molar-refractivity contribution in [3.63, 3.8) is 0 Å². The number of esters is 1. The van der Waals surface area contributed by atoms with Crippen LogP contribution >= 0.6 is 0 Å². The minimum absolute atomic E-state index is 0.00758. The molecule has 98 valence electrons. The summed E-state index contributed by atoms with van der Waals surface area (Å²) in [6.07, 6.45) is 9.94. The van der Waals surface area contributed by atoms with Crippen molar-refractivity contribution in [3.05, 3.63) is 0 Å². The number of rotatable bonds is 4. The van der Waals surface area contributed by atoms with Gasteiger partial charge >= 0.3 is 5.97 Å². The molecule has 0 unspecified atom stereocenters. The lowest BCUT2D eigenvalue weighted by atomic mass is 9.87. The normalized spacial score (nSPS) is 30.4. The molecule has 0 amide bonds. The molecule has 0 aromatic carbocycles. The molecule has 2 saturated carbocycles. The first-order valence-electron chi connectivity index (χ1n) is 7.11. The molecule has 2 fully saturated rings. The van der Waals surface area contributed by atoms with Gasteiger partial charge in [-0.2, -0.15) is 0 Å². The second-order valence-corrected chi connectivity index (χ2v) is 5.27. The Morgan fingerprint density at radius 2 is 1.59 bits per heavy atom. The van der Waals surface area contributed by atoms with Crippen molar-refractivity contribution in [3.8, 4) is 0 Å². The molecule has 0 heterocycles. The highest BCUT2D eigenvalue weighted by molar-refractivity contribution is 5.72. The Morgan fingerprint density at radius 1 is 1.00 bits per heavy atom. The summed E-state index contributed by atoms with van der Waals surface area (Å²) in [5.74, 6) is 0.116. The van der Waals surface area contributed by atoms with Gasteiger partial charge in [-0.1, -0.05) is 12.8 Å². The Bertz CT molecular complexity index is 238. The standard InChI is InChI=1S/C14H24O3/c1-2-16-14(15)11-7-9-13(10-8-11)17-12-5-3-4-6-12/h11-13H,2-10H2,1H3/t11-,13-. The smallest absolute Gasteiger partial charge is 0.308 e. The van der Waals surface area contributed by atoms with E-state index in [1.807, 2.05) is 6.92 Å². The van der Waals surface area contributed by atoms with E-state index < -0.39 is 0 Å². The third kappa shape index (κ3) is 3.70. The molecule has 0 radical (unpaired) electrons. The molecule has 2 aliphatic carbocycles. The number of ether oxygens (including phenoxy) is 2. The molecule has 0 spiro atoms. The number of hydrogen-bond donors (Lipinski definition) is 0. The van der Waals surface area contributed by atoms with E-state index in [-0.39, 0.29) is 11.9 Å². The van der Waals surface area contributed by atoms with E-state index in [0.717, 1.165) is 25.7 Å². The van der Waals surface area contributed by atoms with E-state index in [9.17, 15) is 4.79 Å². The molecular weight excluding hydrogens is 216 g/mol. The van der Waals surface area contributed by atoms with Crippen LogP contribution in [0, 0.1) is 5.92 Å². The molecule has 2 rings (SSSR count). The van der Waals surface area contributed by atoms with Crippen molar-refractivity contribution < 1.29 is 14.3 Å². The zero-order valence-corrected chi connectivity index (χ0v) is 10.8. The predicted octanol–water partition coefficient (Wildman–Crippen LogP) is 3.07. The third-order valence-corrected chi connectivity index (χ3v) is 3.98. The largest absolute Gasteiger partial charge is 0.466 e. The number of carbonyl (C=O) groups is 1. The topological polar surface area (TPSA) is 35.5 Å². The van der Waals surface area contributed by atoms with E-state index in [1.54, 1.807) is 0 Å². The number of hydrogen-bond acceptors (Lipinski definition) is 3. The first-order chi connectivity index (χ1) is 8.29. The summed E-state index contributed by atoms with van der Waals surface area (Å²) in [6.45, 7) is 2.37. The van der Waals surface area contributed by atoms with Crippen LogP contribution in [0.15, 0.2) is 0 Å². The lowest BCUT2D eigenvalue weighted by Crippen LogP contribution is -2.29. The van der Waals surface area contributed by atoms with Gasteiger partial charge < -0.3 is 9.47 Å². The maximum atomic E-state index is 11.6. The van der Waals surface area contributed by atoms with Gasteiger partial charge in [-0.3, -0.25) is 4.79 Å². The lowest BCUT2D eigenvalue weighted by Gasteiger charge is -2.29. The number of carbonyl (C=O) groups excluding carboxylic acids is 1. The first-order valence-corrected chi connectivity index (χ1v) is 7.11. The van der Waals surface area contributed by atoms with Gasteiger partial charge in [-0.25, -0.2) is 0 Å². The third-order valence-electron chi connectivity index (χ3n) is 3.98. The predicted molar refractivity (Wildman–Crippen MR) is 65.7 cm³/mol. The highest BCUT2D eigenvalue weighted by Gasteiger charge is 2.29. The van der Waals surface area contributed by atoms with Crippen LogP contribution in [0.4, 0.5) is 0 Å². The first kappa shape index (κ1) is 12.9. The van der Waals surface area contributed by atoms with E-state index in [4.69, 9.17) is 9.47 Å². The lowest BCUT2D eigenvalue weighted by molar-refractivity contribution is -0.150. The molecule has 0 N–H and O–H groups in total. The fourth-order valence-electron chi connectivity index (χ4n) is 2.99. The maximum absolute atomic E-state index is 11.6. The Kier molecular flexibility index (Phi) is 4.84. The van der Waals surface area contributed by atoms with Gasteiger partial charge in [0.25, 0.3) is 0 Å². The molecule has 0 aliphatic heterocycles. The molecule has 0 aromatic heterocycles. The van der Waals surface area contributed by atoms with Crippen LogP contribution in [0.2, 0.25) is 0 Å². The van der Waals surface area contributed by atoms with E-state index in [2.05, 4.69) is 0 Å². The van der Waals surface area contributed by atoms with E-state index in [0.29, 0.717) is 18.8 Å². The highest BCUT2D eigenvalue weighted by atomic mass is 16.5. The molecular formula is C14H24O3. The minimum Gasteiger partial charge on any atom is -0.466 e. The van der Waals surface area contributed by atoms with Crippen LogP contribution in [0.1, 0.15) is 58.3 Å². The molecule has 0 bridgehead atoms. The summed E-state index contributed by atoms with van der Waals surface area (Å²) in [6, 6.07) is 0. The van der Waals surface area contributed by atoms with Crippen LogP contribution < -0.4 is 0 Å². The van der Waals surface area contributed by atoms with Crippen LogP contribution in [0.3, 0.4) is 0 Å². The van der Waals surface area contributed by atoms with Crippen molar-refractivity contribution in [2.75, 3.05) is 6.61 Å². The van der Waals surface area contributed by atoms with Crippen molar-refractivity contribution in [2.45, 2.75) is 70.5 Å². The zero-order chi connectivity index (χ0) is 12.1. The Balaban J connectivity index is 1.68. The van der Waals surface area contributed by atoms with Gasteiger partial charge in [-0.15, -0.1) is 0 Å². The quantitative estimate of drug-likeness (QED) is 0.708. The summed E-state index contributed by atoms with van der Waals surface area (Å²) in [5, 5.41) is 0. The van der Waals surface area contributed by atoms with Crippen molar-refractivity contribution in [1.29, 1.82) is 0 Å². The molecule has 2 aliphatic rings. The summed E-state index contributed by atoms with van der Waals surface area (Å²) in [7, 11) is 0. The highest BCUT2D eigenvalue weighted by Crippen LogP contribution is 2.31. The molecule has 3 heteroatoms. The van der Waals surface area contributed by atoms with Gasteiger partial charge in [0.1, 0.15) is 0 Å². The Morgan fingerprint density at radius 3 is 2.18 bits per heavy atom. The van der Waals surface area contributed by atoms with Gasteiger partial charge in [0, 0.05) is 0 Å². The average Bonchev–Trinajstić information content (AvgIpc) is 2.83. The van der Waals surface area contributed by atoms with Gasteiger partial charge in [0.15, 0.2) is 0 Å². The van der Waals surface area contributed by atoms with Crippen molar-refractivity contribution in [2.24, 2.45) is 5.92 Å². The Hall–Kier alpha value is -0.570. The summed E-state index contributed by atoms with van der Waals surface area (Å²) in [4.78, 5) is 11.6.